The highest BCUT2D eigenvalue weighted by atomic mass is 16.5. The van der Waals surface area contributed by atoms with Gasteiger partial charge in [-0.15, -0.1) is 0 Å². The third kappa shape index (κ3) is 11.6. The second kappa shape index (κ2) is 18.5. The number of alkyl carbamates (subject to hydrolysis) is 1. The minimum absolute atomic E-state index is 0.0414. The maximum atomic E-state index is 13.5. The summed E-state index contributed by atoms with van der Waals surface area (Å²) in [6.45, 7) is 0.0739. The Balaban J connectivity index is 1.69. The Bertz CT molecular complexity index is 1450. The zero-order valence-electron chi connectivity index (χ0n) is 26.5. The molecule has 1 heterocycles. The smallest absolute Gasteiger partial charge is 0.408 e. The molecular formula is C32H41N7O9. The van der Waals surface area contributed by atoms with E-state index in [-0.39, 0.29) is 44.9 Å². The Kier molecular flexibility index (Phi) is 14.2. The Labute approximate surface area is 277 Å². The molecule has 0 saturated carbocycles. The number of amides is 4. The first kappa shape index (κ1) is 36.8. The van der Waals surface area contributed by atoms with Crippen LogP contribution in [-0.2, 0) is 46.5 Å². The molecule has 0 spiro atoms. The van der Waals surface area contributed by atoms with Crippen LogP contribution >= 0.6 is 0 Å². The summed E-state index contributed by atoms with van der Waals surface area (Å²) in [4.78, 5) is 82.0. The molecule has 4 atom stereocenters. The van der Waals surface area contributed by atoms with E-state index in [4.69, 9.17) is 20.9 Å². The molecular weight excluding hydrogens is 626 g/mol. The van der Waals surface area contributed by atoms with Crippen molar-refractivity contribution in [2.45, 2.75) is 62.9 Å². The van der Waals surface area contributed by atoms with Crippen molar-refractivity contribution >= 4 is 41.7 Å². The number of carbonyl (C=O) groups is 6. The molecule has 0 aromatic heterocycles. The lowest BCUT2D eigenvalue weighted by Crippen LogP contribution is -2.56. The Morgan fingerprint density at radius 1 is 0.958 bits per heavy atom. The maximum Gasteiger partial charge on any atom is 0.408 e. The second-order valence-corrected chi connectivity index (χ2v) is 11.0. The molecule has 0 aliphatic carbocycles. The van der Waals surface area contributed by atoms with E-state index in [9.17, 15) is 33.9 Å². The molecule has 0 unspecified atom stereocenters. The fourth-order valence-corrected chi connectivity index (χ4v) is 5.06. The monoisotopic (exact) mass is 667 g/mol. The molecule has 0 radical (unpaired) electrons. The fourth-order valence-electron chi connectivity index (χ4n) is 5.06. The van der Waals surface area contributed by atoms with Crippen LogP contribution < -0.4 is 27.4 Å². The standard InChI is InChI=1S/C32H41N7O9/c1-47-30(45)24(17-20-9-4-2-5-10-20)37-28(43)25(18-26(40)41)39-16-14-23(29(39)44)36-27(42)22(13-8-15-35-31(33)34)38-32(46)48-19-21-11-6-3-7-12-21/h2-7,9-12,22-25H,8,13-19H2,1H3,(H,36,42)(H,37,43)(H,38,46)(H,40,41)(H4,33,34,35)/t22-,23-,24-,25-/m0/s1. The number of carboxylic acid groups (broad SMARTS) is 1. The van der Waals surface area contributed by atoms with Crippen molar-refractivity contribution in [2.24, 2.45) is 16.5 Å². The number of nitrogens with one attached hydrogen (secondary N) is 3. The number of benzene rings is 2. The van der Waals surface area contributed by atoms with Gasteiger partial charge in [0.1, 0.15) is 30.8 Å². The molecule has 1 aliphatic heterocycles. The average Bonchev–Trinajstić information content (AvgIpc) is 3.42. The van der Waals surface area contributed by atoms with E-state index >= 15 is 0 Å². The van der Waals surface area contributed by atoms with E-state index in [1.165, 1.54) is 0 Å². The quantitative estimate of drug-likeness (QED) is 0.0558. The van der Waals surface area contributed by atoms with Gasteiger partial charge in [0.2, 0.25) is 17.7 Å². The molecule has 16 nitrogen and oxygen atoms in total. The number of aliphatic carboxylic acids is 1. The van der Waals surface area contributed by atoms with Gasteiger partial charge in [-0.25, -0.2) is 9.59 Å². The number of nitrogens with two attached hydrogens (primary N) is 2. The third-order valence-electron chi connectivity index (χ3n) is 7.45. The third-order valence-corrected chi connectivity index (χ3v) is 7.45. The van der Waals surface area contributed by atoms with Crippen LogP contribution in [0.15, 0.2) is 65.7 Å². The highest BCUT2D eigenvalue weighted by Crippen LogP contribution is 2.19. The SMILES string of the molecule is COC(=O)[C@H](Cc1ccccc1)NC(=O)[C@H](CC(=O)O)N1CC[C@H](NC(=O)[C@H](CCCN=C(N)N)NC(=O)OCc2ccccc2)C1=O. The minimum Gasteiger partial charge on any atom is -0.481 e. The van der Waals surface area contributed by atoms with Crippen LogP contribution in [0.1, 0.15) is 36.8 Å². The number of guanidine groups is 1. The van der Waals surface area contributed by atoms with Gasteiger partial charge in [0.25, 0.3) is 0 Å². The summed E-state index contributed by atoms with van der Waals surface area (Å²) in [6.07, 6.45) is -1.11. The van der Waals surface area contributed by atoms with Crippen LogP contribution in [-0.4, -0.2) is 96.1 Å². The van der Waals surface area contributed by atoms with Crippen molar-refractivity contribution in [2.75, 3.05) is 20.2 Å². The second-order valence-electron chi connectivity index (χ2n) is 11.0. The van der Waals surface area contributed by atoms with E-state index in [0.717, 1.165) is 17.6 Å². The predicted molar refractivity (Wildman–Crippen MR) is 172 cm³/mol. The summed E-state index contributed by atoms with van der Waals surface area (Å²) in [6, 6.07) is 12.8. The summed E-state index contributed by atoms with van der Waals surface area (Å²) in [5, 5.41) is 17.2. The normalized spacial score (nSPS) is 15.7. The van der Waals surface area contributed by atoms with E-state index in [0.29, 0.717) is 12.0 Å². The number of aliphatic imine (C=N–C) groups is 1. The molecule has 1 aliphatic rings. The van der Waals surface area contributed by atoms with Crippen molar-refractivity contribution in [3.8, 4) is 0 Å². The lowest BCUT2D eigenvalue weighted by atomic mass is 10.0. The van der Waals surface area contributed by atoms with Gasteiger partial charge in [-0.05, 0) is 30.4 Å². The summed E-state index contributed by atoms with van der Waals surface area (Å²) in [5.41, 5.74) is 12.2. The van der Waals surface area contributed by atoms with E-state index in [1.54, 1.807) is 54.6 Å². The first-order valence-electron chi connectivity index (χ1n) is 15.3. The van der Waals surface area contributed by atoms with Gasteiger partial charge < -0.3 is 46.9 Å². The van der Waals surface area contributed by atoms with Gasteiger partial charge in [0.15, 0.2) is 5.96 Å². The molecule has 3 rings (SSSR count). The number of ether oxygens (including phenoxy) is 2. The van der Waals surface area contributed by atoms with Gasteiger partial charge in [0.05, 0.1) is 13.5 Å². The highest BCUT2D eigenvalue weighted by Gasteiger charge is 2.42. The van der Waals surface area contributed by atoms with Crippen LogP contribution in [0.5, 0.6) is 0 Å². The fraction of sp³-hybridized carbons (Fsp3) is 0.406. The van der Waals surface area contributed by atoms with E-state index in [1.807, 2.05) is 6.07 Å². The topological polar surface area (TPSA) is 245 Å². The zero-order chi connectivity index (χ0) is 35.1. The highest BCUT2D eigenvalue weighted by molar-refractivity contribution is 5.97. The van der Waals surface area contributed by atoms with Crippen molar-refractivity contribution in [3.05, 3.63) is 71.8 Å². The lowest BCUT2D eigenvalue weighted by Gasteiger charge is -2.28. The van der Waals surface area contributed by atoms with Crippen molar-refractivity contribution in [3.63, 3.8) is 0 Å². The predicted octanol–water partition coefficient (Wildman–Crippen LogP) is -0.204. The van der Waals surface area contributed by atoms with Gasteiger partial charge in [0, 0.05) is 19.5 Å². The van der Waals surface area contributed by atoms with Gasteiger partial charge in [-0.2, -0.15) is 0 Å². The number of carboxylic acids is 1. The number of likely N-dealkylation sites (tertiary alicyclic amines) is 1. The van der Waals surface area contributed by atoms with E-state index < -0.39 is 66.3 Å². The number of methoxy groups -OCH3 is 1. The molecule has 0 bridgehead atoms. The summed E-state index contributed by atoms with van der Waals surface area (Å²) < 4.78 is 10.1. The van der Waals surface area contributed by atoms with Gasteiger partial charge in [-0.3, -0.25) is 24.2 Å². The van der Waals surface area contributed by atoms with Crippen LogP contribution in [0, 0.1) is 0 Å². The van der Waals surface area contributed by atoms with Gasteiger partial charge >= 0.3 is 18.0 Å². The summed E-state index contributed by atoms with van der Waals surface area (Å²) in [7, 11) is 1.16. The van der Waals surface area contributed by atoms with Crippen LogP contribution in [0.2, 0.25) is 0 Å². The molecule has 16 heteroatoms. The minimum atomic E-state index is -1.48. The van der Waals surface area contributed by atoms with E-state index in [2.05, 4.69) is 20.9 Å². The van der Waals surface area contributed by atoms with Crippen molar-refractivity contribution < 1.29 is 43.3 Å². The number of esters is 1. The Hall–Kier alpha value is -5.67. The molecule has 4 amide bonds. The summed E-state index contributed by atoms with van der Waals surface area (Å²) in [5.74, 6) is -4.52. The lowest BCUT2D eigenvalue weighted by molar-refractivity contribution is -0.148. The number of hydrogen-bond acceptors (Lipinski definition) is 9. The first-order chi connectivity index (χ1) is 23.0. The number of carbonyl (C=O) groups excluding carboxylic acids is 5. The average molecular weight is 668 g/mol. The maximum absolute atomic E-state index is 13.5. The number of nitrogens with zero attached hydrogens (tertiary/aromatic N) is 2. The van der Waals surface area contributed by atoms with Crippen LogP contribution in [0.3, 0.4) is 0 Å². The molecule has 48 heavy (non-hydrogen) atoms. The molecule has 1 fully saturated rings. The molecule has 1 saturated heterocycles. The molecule has 2 aromatic rings. The summed E-state index contributed by atoms with van der Waals surface area (Å²) >= 11 is 0. The Morgan fingerprint density at radius 3 is 2.21 bits per heavy atom. The molecule has 258 valence electrons. The Morgan fingerprint density at radius 2 is 1.60 bits per heavy atom. The number of hydrogen-bond donors (Lipinski definition) is 6. The van der Waals surface area contributed by atoms with Crippen LogP contribution in [0.25, 0.3) is 0 Å². The zero-order valence-corrected chi connectivity index (χ0v) is 26.5. The van der Waals surface area contributed by atoms with Crippen molar-refractivity contribution in [1.82, 2.24) is 20.9 Å². The van der Waals surface area contributed by atoms with Gasteiger partial charge in [-0.1, -0.05) is 60.7 Å². The molecule has 2 aromatic carbocycles. The first-order valence-corrected chi connectivity index (χ1v) is 15.3. The number of rotatable bonds is 17. The van der Waals surface area contributed by atoms with Crippen LogP contribution in [0.4, 0.5) is 4.79 Å². The molecule has 8 N–H and O–H groups in total. The van der Waals surface area contributed by atoms with Crippen molar-refractivity contribution in [1.29, 1.82) is 0 Å². The largest absolute Gasteiger partial charge is 0.481 e.